The Bertz CT molecular complexity index is 755. The van der Waals surface area contributed by atoms with Crippen LogP contribution in [0.1, 0.15) is 35.2 Å². The summed E-state index contributed by atoms with van der Waals surface area (Å²) >= 11 is 5.04. The molecule has 0 heterocycles. The van der Waals surface area contributed by atoms with E-state index in [9.17, 15) is 9.59 Å². The van der Waals surface area contributed by atoms with E-state index in [0.29, 0.717) is 23.0 Å². The summed E-state index contributed by atoms with van der Waals surface area (Å²) in [5.74, 6) is 0.602. The zero-order valence-electron chi connectivity index (χ0n) is 15.6. The molecule has 0 saturated carbocycles. The predicted molar refractivity (Wildman–Crippen MR) is 116 cm³/mol. The van der Waals surface area contributed by atoms with Crippen LogP contribution in [-0.4, -0.2) is 36.4 Å². The summed E-state index contributed by atoms with van der Waals surface area (Å²) in [6.45, 7) is 2.61. The van der Waals surface area contributed by atoms with Crippen molar-refractivity contribution in [3.8, 4) is 0 Å². The quantitative estimate of drug-likeness (QED) is 0.603. The molecule has 0 saturated heterocycles. The van der Waals surface area contributed by atoms with Crippen LogP contribution in [0.5, 0.6) is 0 Å². The zero-order valence-corrected chi connectivity index (χ0v) is 18.0. The van der Waals surface area contributed by atoms with Crippen LogP contribution >= 0.6 is 27.7 Å². The minimum absolute atomic E-state index is 0.146. The molecule has 2 atom stereocenters. The predicted octanol–water partition coefficient (Wildman–Crippen LogP) is 4.22. The SMILES string of the molecule is CSCC[C@@H](NC(=O)c1ccccc1Br)C(=O)NC[C@H](C)c1ccccc1. The van der Waals surface area contributed by atoms with Gasteiger partial charge >= 0.3 is 0 Å². The van der Waals surface area contributed by atoms with Gasteiger partial charge < -0.3 is 10.6 Å². The van der Waals surface area contributed by atoms with Crippen LogP contribution in [0.2, 0.25) is 0 Å². The third kappa shape index (κ3) is 6.70. The average Bonchev–Trinajstić information content (AvgIpc) is 2.69. The monoisotopic (exact) mass is 448 g/mol. The van der Waals surface area contributed by atoms with Gasteiger partial charge in [-0.3, -0.25) is 9.59 Å². The van der Waals surface area contributed by atoms with Crippen LogP contribution in [0.15, 0.2) is 59.1 Å². The molecule has 0 aliphatic heterocycles. The van der Waals surface area contributed by atoms with Crippen molar-refractivity contribution in [3.63, 3.8) is 0 Å². The van der Waals surface area contributed by atoms with Gasteiger partial charge in [0.25, 0.3) is 5.91 Å². The Morgan fingerprint density at radius 3 is 2.41 bits per heavy atom. The highest BCUT2D eigenvalue weighted by molar-refractivity contribution is 9.10. The Morgan fingerprint density at radius 2 is 1.74 bits per heavy atom. The number of thioether (sulfide) groups is 1. The summed E-state index contributed by atoms with van der Waals surface area (Å²) in [5, 5.41) is 5.86. The van der Waals surface area contributed by atoms with Crippen molar-refractivity contribution in [1.29, 1.82) is 0 Å². The summed E-state index contributed by atoms with van der Waals surface area (Å²) in [4.78, 5) is 25.3. The summed E-state index contributed by atoms with van der Waals surface area (Å²) < 4.78 is 0.712. The van der Waals surface area contributed by atoms with Gasteiger partial charge in [0.2, 0.25) is 5.91 Å². The lowest BCUT2D eigenvalue weighted by atomic mass is 10.0. The standard InChI is InChI=1S/C21H25BrN2O2S/c1-15(16-8-4-3-5-9-16)14-23-21(26)19(12-13-27-2)24-20(25)17-10-6-7-11-18(17)22/h3-11,15,19H,12-14H2,1-2H3,(H,23,26)(H,24,25)/t15-,19+/m0/s1. The Hall–Kier alpha value is -1.79. The van der Waals surface area contributed by atoms with Crippen molar-refractivity contribution >= 4 is 39.5 Å². The van der Waals surface area contributed by atoms with Crippen molar-refractivity contribution in [3.05, 3.63) is 70.2 Å². The summed E-state index contributed by atoms with van der Waals surface area (Å²) in [5.41, 5.74) is 1.70. The first kappa shape index (κ1) is 21.5. The molecule has 2 aromatic carbocycles. The molecule has 0 aliphatic carbocycles. The average molecular weight is 449 g/mol. The number of hydrogen-bond donors (Lipinski definition) is 2. The molecule has 0 fully saturated rings. The Balaban J connectivity index is 1.98. The number of carbonyl (C=O) groups is 2. The van der Waals surface area contributed by atoms with Crippen LogP contribution in [0.25, 0.3) is 0 Å². The lowest BCUT2D eigenvalue weighted by Crippen LogP contribution is -2.47. The molecule has 144 valence electrons. The Kier molecular flexibility index (Phi) is 8.88. The molecule has 0 radical (unpaired) electrons. The number of nitrogens with one attached hydrogen (secondary N) is 2. The zero-order chi connectivity index (χ0) is 19.6. The maximum absolute atomic E-state index is 12.7. The molecule has 0 unspecified atom stereocenters. The van der Waals surface area contributed by atoms with E-state index in [1.54, 1.807) is 23.9 Å². The maximum atomic E-state index is 12.7. The van der Waals surface area contributed by atoms with Crippen molar-refractivity contribution in [1.82, 2.24) is 10.6 Å². The maximum Gasteiger partial charge on any atom is 0.253 e. The van der Waals surface area contributed by atoms with Gasteiger partial charge in [-0.05, 0) is 58.0 Å². The molecule has 2 aromatic rings. The summed E-state index contributed by atoms with van der Waals surface area (Å²) in [7, 11) is 0. The van der Waals surface area contributed by atoms with E-state index in [1.165, 1.54) is 5.56 Å². The second-order valence-electron chi connectivity index (χ2n) is 6.34. The second-order valence-corrected chi connectivity index (χ2v) is 8.18. The van der Waals surface area contributed by atoms with Crippen LogP contribution in [-0.2, 0) is 4.79 Å². The number of benzene rings is 2. The van der Waals surface area contributed by atoms with Crippen molar-refractivity contribution in [2.24, 2.45) is 0 Å². The molecule has 4 nitrogen and oxygen atoms in total. The minimum Gasteiger partial charge on any atom is -0.354 e. The van der Waals surface area contributed by atoms with Crippen molar-refractivity contribution in [2.45, 2.75) is 25.3 Å². The largest absolute Gasteiger partial charge is 0.354 e. The second kappa shape index (κ2) is 11.1. The number of carbonyl (C=O) groups excluding carboxylic acids is 2. The molecule has 2 amide bonds. The first-order chi connectivity index (χ1) is 13.0. The van der Waals surface area contributed by atoms with E-state index in [-0.39, 0.29) is 17.7 Å². The lowest BCUT2D eigenvalue weighted by Gasteiger charge is -2.20. The molecule has 2 rings (SSSR count). The Labute approximate surface area is 173 Å². The van der Waals surface area contributed by atoms with Crippen LogP contribution in [0.4, 0.5) is 0 Å². The summed E-state index contributed by atoms with van der Waals surface area (Å²) in [6.07, 6.45) is 2.57. The third-order valence-electron chi connectivity index (χ3n) is 4.30. The number of amides is 2. The van der Waals surface area contributed by atoms with Crippen LogP contribution in [0.3, 0.4) is 0 Å². The first-order valence-electron chi connectivity index (χ1n) is 8.90. The third-order valence-corrected chi connectivity index (χ3v) is 5.64. The number of rotatable bonds is 9. The van der Waals surface area contributed by atoms with Gasteiger partial charge in [0.05, 0.1) is 5.56 Å². The van der Waals surface area contributed by atoms with E-state index in [4.69, 9.17) is 0 Å². The fourth-order valence-electron chi connectivity index (χ4n) is 2.66. The van der Waals surface area contributed by atoms with Gasteiger partial charge in [-0.25, -0.2) is 0 Å². The lowest BCUT2D eigenvalue weighted by molar-refractivity contribution is -0.123. The fraction of sp³-hybridized carbons (Fsp3) is 0.333. The topological polar surface area (TPSA) is 58.2 Å². The van der Waals surface area contributed by atoms with Crippen LogP contribution in [0, 0.1) is 0 Å². The van der Waals surface area contributed by atoms with Gasteiger partial charge in [0.1, 0.15) is 6.04 Å². The molecular formula is C21H25BrN2O2S. The summed E-state index contributed by atoms with van der Waals surface area (Å²) in [6, 6.07) is 16.7. The normalized spacial score (nSPS) is 12.9. The molecule has 0 bridgehead atoms. The van der Waals surface area contributed by atoms with E-state index in [2.05, 4.69) is 45.6 Å². The van der Waals surface area contributed by atoms with Gasteiger partial charge in [0.15, 0.2) is 0 Å². The van der Waals surface area contributed by atoms with Gasteiger partial charge in [-0.15, -0.1) is 0 Å². The first-order valence-corrected chi connectivity index (χ1v) is 11.1. The fourth-order valence-corrected chi connectivity index (χ4v) is 3.60. The number of hydrogen-bond acceptors (Lipinski definition) is 3. The minimum atomic E-state index is -0.556. The molecule has 0 aliphatic rings. The van der Waals surface area contributed by atoms with E-state index < -0.39 is 6.04 Å². The molecule has 2 N–H and O–H groups in total. The highest BCUT2D eigenvalue weighted by atomic mass is 79.9. The molecule has 6 heteroatoms. The number of halogens is 1. The van der Waals surface area contributed by atoms with E-state index in [0.717, 1.165) is 5.75 Å². The molecule has 0 spiro atoms. The van der Waals surface area contributed by atoms with E-state index in [1.807, 2.05) is 36.6 Å². The molecular weight excluding hydrogens is 424 g/mol. The molecule has 27 heavy (non-hydrogen) atoms. The Morgan fingerprint density at radius 1 is 1.07 bits per heavy atom. The van der Waals surface area contributed by atoms with Crippen molar-refractivity contribution in [2.75, 3.05) is 18.6 Å². The van der Waals surface area contributed by atoms with E-state index >= 15 is 0 Å². The molecule has 0 aromatic heterocycles. The van der Waals surface area contributed by atoms with Gasteiger partial charge in [0, 0.05) is 11.0 Å². The highest BCUT2D eigenvalue weighted by Gasteiger charge is 2.22. The van der Waals surface area contributed by atoms with Crippen LogP contribution < -0.4 is 10.6 Å². The van der Waals surface area contributed by atoms with Gasteiger partial charge in [-0.1, -0.05) is 49.4 Å². The van der Waals surface area contributed by atoms with Gasteiger partial charge in [-0.2, -0.15) is 11.8 Å². The van der Waals surface area contributed by atoms with Crippen molar-refractivity contribution < 1.29 is 9.59 Å². The smallest absolute Gasteiger partial charge is 0.253 e. The highest BCUT2D eigenvalue weighted by Crippen LogP contribution is 2.16.